The predicted octanol–water partition coefficient (Wildman–Crippen LogP) is 3.81. The summed E-state index contributed by atoms with van der Waals surface area (Å²) in [5.74, 6) is 0.888. The fourth-order valence-corrected chi connectivity index (χ4v) is 4.24. The average molecular weight is 421 g/mol. The van der Waals surface area contributed by atoms with Gasteiger partial charge in [-0.1, -0.05) is 37.5 Å². The van der Waals surface area contributed by atoms with E-state index >= 15 is 0 Å². The first kappa shape index (κ1) is 20.9. The lowest BCUT2D eigenvalue weighted by Gasteiger charge is -2.31. The van der Waals surface area contributed by atoms with Crippen molar-refractivity contribution in [3.63, 3.8) is 0 Å². The highest BCUT2D eigenvalue weighted by Crippen LogP contribution is 2.26. The van der Waals surface area contributed by atoms with Crippen LogP contribution in [0.4, 0.5) is 0 Å². The molecule has 0 N–H and O–H groups in total. The molecule has 1 amide bonds. The van der Waals surface area contributed by atoms with Crippen molar-refractivity contribution in [3.05, 3.63) is 58.5 Å². The van der Waals surface area contributed by atoms with Crippen LogP contribution >= 0.6 is 0 Å². The van der Waals surface area contributed by atoms with Gasteiger partial charge >= 0.3 is 0 Å². The number of methoxy groups -OCH3 is 2. The molecule has 2 aromatic carbocycles. The Kier molecular flexibility index (Phi) is 5.93. The maximum atomic E-state index is 13.5. The van der Waals surface area contributed by atoms with Gasteiger partial charge in [0.05, 0.1) is 25.3 Å². The fourth-order valence-electron chi connectivity index (χ4n) is 4.24. The number of amides is 1. The molecule has 7 heteroatoms. The summed E-state index contributed by atoms with van der Waals surface area (Å²) >= 11 is 0. The standard InChI is InChI=1S/C24H27N3O4/c1-26(16-9-5-4-6-10-16)24(29)22-20-11-7-8-12-21(20)23(28)27(25-22)17-13-18(30-2)15-19(14-17)31-3/h7-8,11-16H,4-6,9-10H2,1-3H3. The summed E-state index contributed by atoms with van der Waals surface area (Å²) in [6.45, 7) is 0. The molecule has 3 aromatic rings. The Bertz CT molecular complexity index is 1140. The van der Waals surface area contributed by atoms with Crippen LogP contribution in [0.2, 0.25) is 0 Å². The second-order valence-corrected chi connectivity index (χ2v) is 7.89. The normalized spacial score (nSPS) is 14.4. The molecule has 0 aliphatic heterocycles. The van der Waals surface area contributed by atoms with Crippen molar-refractivity contribution >= 4 is 16.7 Å². The third-order valence-electron chi connectivity index (χ3n) is 6.03. The summed E-state index contributed by atoms with van der Waals surface area (Å²) in [4.78, 5) is 28.6. The van der Waals surface area contributed by atoms with E-state index in [1.807, 2.05) is 13.1 Å². The number of ether oxygens (including phenoxy) is 2. The maximum absolute atomic E-state index is 13.5. The minimum Gasteiger partial charge on any atom is -0.497 e. The van der Waals surface area contributed by atoms with E-state index in [-0.39, 0.29) is 23.2 Å². The molecule has 0 saturated heterocycles. The van der Waals surface area contributed by atoms with E-state index in [9.17, 15) is 9.59 Å². The zero-order valence-corrected chi connectivity index (χ0v) is 18.1. The number of fused-ring (bicyclic) bond motifs is 1. The molecule has 1 aliphatic rings. The molecule has 1 fully saturated rings. The summed E-state index contributed by atoms with van der Waals surface area (Å²) in [6, 6.07) is 12.4. The van der Waals surface area contributed by atoms with Crippen LogP contribution in [0.3, 0.4) is 0 Å². The first-order valence-electron chi connectivity index (χ1n) is 10.6. The molecule has 0 unspecified atom stereocenters. The molecular weight excluding hydrogens is 394 g/mol. The van der Waals surface area contributed by atoms with Crippen LogP contribution in [0, 0.1) is 0 Å². The van der Waals surface area contributed by atoms with Crippen molar-refractivity contribution in [2.75, 3.05) is 21.3 Å². The van der Waals surface area contributed by atoms with E-state index in [0.29, 0.717) is 28.0 Å². The Hall–Kier alpha value is -3.35. The fraction of sp³-hybridized carbons (Fsp3) is 0.375. The summed E-state index contributed by atoms with van der Waals surface area (Å²) in [5, 5.41) is 5.54. The molecule has 4 rings (SSSR count). The van der Waals surface area contributed by atoms with Gasteiger partial charge in [-0.25, -0.2) is 0 Å². The van der Waals surface area contributed by atoms with E-state index in [1.165, 1.54) is 11.1 Å². The van der Waals surface area contributed by atoms with Crippen LogP contribution in [0.1, 0.15) is 42.6 Å². The molecule has 1 aromatic heterocycles. The first-order valence-corrected chi connectivity index (χ1v) is 10.6. The minimum atomic E-state index is -0.303. The van der Waals surface area contributed by atoms with Crippen molar-refractivity contribution in [1.29, 1.82) is 0 Å². The number of aromatic nitrogens is 2. The van der Waals surface area contributed by atoms with Gasteiger partial charge in [0.1, 0.15) is 11.5 Å². The van der Waals surface area contributed by atoms with Crippen molar-refractivity contribution < 1.29 is 14.3 Å². The van der Waals surface area contributed by atoms with Gasteiger partial charge in [-0.2, -0.15) is 9.78 Å². The van der Waals surface area contributed by atoms with Crippen LogP contribution in [0.25, 0.3) is 16.5 Å². The van der Waals surface area contributed by atoms with Gasteiger partial charge in [-0.3, -0.25) is 9.59 Å². The number of nitrogens with zero attached hydrogens (tertiary/aromatic N) is 3. The molecule has 162 valence electrons. The van der Waals surface area contributed by atoms with Gasteiger partial charge in [-0.05, 0) is 18.9 Å². The van der Waals surface area contributed by atoms with Crippen LogP contribution in [0.5, 0.6) is 11.5 Å². The van der Waals surface area contributed by atoms with Crippen LogP contribution < -0.4 is 15.0 Å². The Balaban J connectivity index is 1.88. The Morgan fingerprint density at radius 3 is 2.23 bits per heavy atom. The van der Waals surface area contributed by atoms with Crippen LogP contribution in [0.15, 0.2) is 47.3 Å². The van der Waals surface area contributed by atoms with Crippen LogP contribution in [-0.2, 0) is 0 Å². The average Bonchev–Trinajstić information content (AvgIpc) is 2.83. The molecule has 0 radical (unpaired) electrons. The molecule has 1 heterocycles. The monoisotopic (exact) mass is 421 g/mol. The molecule has 7 nitrogen and oxygen atoms in total. The number of carbonyl (C=O) groups excluding carboxylic acids is 1. The highest BCUT2D eigenvalue weighted by Gasteiger charge is 2.26. The molecule has 1 saturated carbocycles. The lowest BCUT2D eigenvalue weighted by molar-refractivity contribution is 0.0690. The van der Waals surface area contributed by atoms with E-state index in [4.69, 9.17) is 9.47 Å². The van der Waals surface area contributed by atoms with Gasteiger partial charge < -0.3 is 14.4 Å². The molecule has 0 bridgehead atoms. The van der Waals surface area contributed by atoms with E-state index in [0.717, 1.165) is 25.7 Å². The van der Waals surface area contributed by atoms with Gasteiger partial charge in [0, 0.05) is 36.7 Å². The minimum absolute atomic E-state index is 0.174. The number of benzene rings is 2. The summed E-state index contributed by atoms with van der Waals surface area (Å²) in [5.41, 5.74) is 0.439. The summed E-state index contributed by atoms with van der Waals surface area (Å²) < 4.78 is 11.9. The summed E-state index contributed by atoms with van der Waals surface area (Å²) in [6.07, 6.45) is 5.45. The van der Waals surface area contributed by atoms with Gasteiger partial charge in [0.15, 0.2) is 5.69 Å². The number of hydrogen-bond donors (Lipinski definition) is 0. The Morgan fingerprint density at radius 2 is 1.61 bits per heavy atom. The predicted molar refractivity (Wildman–Crippen MR) is 119 cm³/mol. The van der Waals surface area contributed by atoms with Gasteiger partial charge in [0.2, 0.25) is 0 Å². The lowest BCUT2D eigenvalue weighted by Crippen LogP contribution is -2.39. The van der Waals surface area contributed by atoms with Crippen LogP contribution in [-0.4, -0.2) is 47.9 Å². The molecule has 0 spiro atoms. The highest BCUT2D eigenvalue weighted by atomic mass is 16.5. The summed E-state index contributed by atoms with van der Waals surface area (Å²) in [7, 11) is 4.92. The molecule has 1 aliphatic carbocycles. The third kappa shape index (κ3) is 4.00. The SMILES string of the molecule is COc1cc(OC)cc(-n2nc(C(=O)N(C)C3CCCCC3)c3ccccc3c2=O)c1. The molecule has 31 heavy (non-hydrogen) atoms. The quantitative estimate of drug-likeness (QED) is 0.626. The zero-order chi connectivity index (χ0) is 22.0. The molecular formula is C24H27N3O4. The van der Waals surface area contributed by atoms with Crippen molar-refractivity contribution in [1.82, 2.24) is 14.7 Å². The largest absolute Gasteiger partial charge is 0.497 e. The zero-order valence-electron chi connectivity index (χ0n) is 18.1. The Morgan fingerprint density at radius 1 is 1.00 bits per heavy atom. The number of carbonyl (C=O) groups is 1. The molecule has 0 atom stereocenters. The van der Waals surface area contributed by atoms with Crippen molar-refractivity contribution in [2.45, 2.75) is 38.1 Å². The first-order chi connectivity index (χ1) is 15.0. The van der Waals surface area contributed by atoms with E-state index in [2.05, 4.69) is 5.10 Å². The smallest absolute Gasteiger partial charge is 0.279 e. The van der Waals surface area contributed by atoms with E-state index in [1.54, 1.807) is 55.5 Å². The second kappa shape index (κ2) is 8.79. The van der Waals surface area contributed by atoms with Crippen molar-refractivity contribution in [3.8, 4) is 17.2 Å². The number of hydrogen-bond acceptors (Lipinski definition) is 5. The lowest BCUT2D eigenvalue weighted by atomic mass is 9.94. The highest BCUT2D eigenvalue weighted by molar-refractivity contribution is 6.04. The number of rotatable bonds is 5. The van der Waals surface area contributed by atoms with Gasteiger partial charge in [-0.15, -0.1) is 0 Å². The Labute approximate surface area is 181 Å². The van der Waals surface area contributed by atoms with Gasteiger partial charge in [0.25, 0.3) is 11.5 Å². The third-order valence-corrected chi connectivity index (χ3v) is 6.03. The second-order valence-electron chi connectivity index (χ2n) is 7.89. The maximum Gasteiger partial charge on any atom is 0.279 e. The topological polar surface area (TPSA) is 73.7 Å². The van der Waals surface area contributed by atoms with E-state index < -0.39 is 0 Å². The van der Waals surface area contributed by atoms with Crippen molar-refractivity contribution in [2.24, 2.45) is 0 Å².